The smallest absolute Gasteiger partial charge is 0.274 e. The molecular weight excluding hydrogens is 418 g/mol. The first-order chi connectivity index (χ1) is 15.9. The van der Waals surface area contributed by atoms with Gasteiger partial charge in [0.1, 0.15) is 5.75 Å². The summed E-state index contributed by atoms with van der Waals surface area (Å²) in [5.74, 6) is 0.698. The van der Waals surface area contributed by atoms with E-state index in [4.69, 9.17) is 9.47 Å². The van der Waals surface area contributed by atoms with E-state index in [1.165, 1.54) is 10.2 Å². The standard InChI is InChI=1S/C26H31N3O4/c1-18(2)29-25(31)22-7-5-4-6-21(22)23(28-29)16-24(30)27-17-26(12-14-33-15-13-26)19-8-10-20(32-3)11-9-19/h4-11,18H,12-17H2,1-3H3,(H,27,30). The van der Waals surface area contributed by atoms with Gasteiger partial charge in [0.2, 0.25) is 5.91 Å². The predicted octanol–water partition coefficient (Wildman–Crippen LogP) is 3.39. The first-order valence-corrected chi connectivity index (χ1v) is 11.4. The van der Waals surface area contributed by atoms with Crippen LogP contribution < -0.4 is 15.6 Å². The number of hydrogen-bond acceptors (Lipinski definition) is 5. The van der Waals surface area contributed by atoms with Crippen LogP contribution in [0.2, 0.25) is 0 Å². The lowest BCUT2D eigenvalue weighted by Gasteiger charge is -2.38. The van der Waals surface area contributed by atoms with E-state index < -0.39 is 0 Å². The summed E-state index contributed by atoms with van der Waals surface area (Å²) in [6, 6.07) is 15.3. The van der Waals surface area contributed by atoms with Crippen molar-refractivity contribution in [3.05, 3.63) is 70.1 Å². The van der Waals surface area contributed by atoms with Crippen molar-refractivity contribution in [2.24, 2.45) is 0 Å². The van der Waals surface area contributed by atoms with Crippen LogP contribution in [0.4, 0.5) is 0 Å². The summed E-state index contributed by atoms with van der Waals surface area (Å²) in [5.41, 5.74) is 1.46. The van der Waals surface area contributed by atoms with E-state index in [-0.39, 0.29) is 29.3 Å². The van der Waals surface area contributed by atoms with Crippen molar-refractivity contribution in [3.63, 3.8) is 0 Å². The monoisotopic (exact) mass is 449 g/mol. The molecular formula is C26H31N3O4. The highest BCUT2D eigenvalue weighted by Gasteiger charge is 2.35. The fraction of sp³-hybridized carbons (Fsp3) is 0.423. The van der Waals surface area contributed by atoms with E-state index >= 15 is 0 Å². The summed E-state index contributed by atoms with van der Waals surface area (Å²) < 4.78 is 12.4. The van der Waals surface area contributed by atoms with Gasteiger partial charge in [0.15, 0.2) is 0 Å². The number of benzene rings is 2. The highest BCUT2D eigenvalue weighted by atomic mass is 16.5. The number of carbonyl (C=O) groups excluding carboxylic acids is 1. The largest absolute Gasteiger partial charge is 0.497 e. The third-order valence-electron chi connectivity index (χ3n) is 6.50. The molecule has 2 aromatic carbocycles. The fourth-order valence-electron chi connectivity index (χ4n) is 4.51. The number of hydrogen-bond donors (Lipinski definition) is 1. The minimum absolute atomic E-state index is 0.0931. The number of methoxy groups -OCH3 is 1. The average Bonchev–Trinajstić information content (AvgIpc) is 2.85. The van der Waals surface area contributed by atoms with Gasteiger partial charge in [-0.05, 0) is 50.5 Å². The first-order valence-electron chi connectivity index (χ1n) is 11.4. The number of fused-ring (bicyclic) bond motifs is 1. The van der Waals surface area contributed by atoms with E-state index in [0.717, 1.165) is 24.0 Å². The van der Waals surface area contributed by atoms with Crippen LogP contribution in [-0.4, -0.2) is 42.6 Å². The van der Waals surface area contributed by atoms with Crippen LogP contribution >= 0.6 is 0 Å². The molecule has 3 aromatic rings. The molecule has 1 aliphatic rings. The fourth-order valence-corrected chi connectivity index (χ4v) is 4.51. The van der Waals surface area contributed by atoms with E-state index in [9.17, 15) is 9.59 Å². The van der Waals surface area contributed by atoms with Crippen molar-refractivity contribution in [2.75, 3.05) is 26.9 Å². The Morgan fingerprint density at radius 2 is 1.79 bits per heavy atom. The molecule has 0 atom stereocenters. The molecule has 7 heteroatoms. The number of aromatic nitrogens is 2. The topological polar surface area (TPSA) is 82.5 Å². The molecule has 2 heterocycles. The molecule has 0 spiro atoms. The third kappa shape index (κ3) is 4.78. The Balaban J connectivity index is 1.56. The highest BCUT2D eigenvalue weighted by Crippen LogP contribution is 2.35. The molecule has 1 fully saturated rings. The molecule has 1 aromatic heterocycles. The van der Waals surface area contributed by atoms with Gasteiger partial charge >= 0.3 is 0 Å². The lowest BCUT2D eigenvalue weighted by molar-refractivity contribution is -0.121. The van der Waals surface area contributed by atoms with Crippen molar-refractivity contribution in [1.82, 2.24) is 15.1 Å². The minimum atomic E-state index is -0.188. The maximum absolute atomic E-state index is 13.0. The molecule has 1 aliphatic heterocycles. The highest BCUT2D eigenvalue weighted by molar-refractivity contribution is 5.88. The molecule has 0 bridgehead atoms. The summed E-state index contributed by atoms with van der Waals surface area (Å²) in [4.78, 5) is 25.8. The summed E-state index contributed by atoms with van der Waals surface area (Å²) in [6.45, 7) is 5.66. The van der Waals surface area contributed by atoms with Crippen LogP contribution in [0.5, 0.6) is 5.75 Å². The maximum Gasteiger partial charge on any atom is 0.274 e. The summed E-state index contributed by atoms with van der Waals surface area (Å²) in [7, 11) is 1.65. The van der Waals surface area contributed by atoms with Crippen LogP contribution in [0, 0.1) is 0 Å². The lowest BCUT2D eigenvalue weighted by Crippen LogP contribution is -2.45. The minimum Gasteiger partial charge on any atom is -0.497 e. The normalized spacial score (nSPS) is 15.5. The Bertz CT molecular complexity index is 1180. The molecule has 7 nitrogen and oxygen atoms in total. The Hall–Kier alpha value is -3.19. The SMILES string of the molecule is COc1ccc(C2(CNC(=O)Cc3nn(C(C)C)c(=O)c4ccccc34)CCOCC2)cc1. The lowest BCUT2D eigenvalue weighted by atomic mass is 9.74. The van der Waals surface area contributed by atoms with Gasteiger partial charge in [-0.25, -0.2) is 4.68 Å². The molecule has 0 unspecified atom stereocenters. The molecule has 0 radical (unpaired) electrons. The number of ether oxygens (including phenoxy) is 2. The van der Waals surface area contributed by atoms with Crippen LogP contribution in [0.25, 0.3) is 10.8 Å². The van der Waals surface area contributed by atoms with Crippen molar-refractivity contribution in [2.45, 2.75) is 44.6 Å². The summed E-state index contributed by atoms with van der Waals surface area (Å²) in [5, 5.41) is 9.00. The van der Waals surface area contributed by atoms with Gasteiger partial charge in [-0.2, -0.15) is 5.10 Å². The quantitative estimate of drug-likeness (QED) is 0.598. The van der Waals surface area contributed by atoms with Crippen molar-refractivity contribution in [3.8, 4) is 5.75 Å². The maximum atomic E-state index is 13.0. The molecule has 1 amide bonds. The first kappa shape index (κ1) is 23.0. The van der Waals surface area contributed by atoms with E-state index in [1.807, 2.05) is 44.2 Å². The van der Waals surface area contributed by atoms with Gasteiger partial charge in [0, 0.05) is 30.6 Å². The predicted molar refractivity (Wildman–Crippen MR) is 128 cm³/mol. The van der Waals surface area contributed by atoms with E-state index in [0.29, 0.717) is 30.8 Å². The Labute approximate surface area is 193 Å². The van der Waals surface area contributed by atoms with Gasteiger partial charge in [0.05, 0.1) is 30.7 Å². The van der Waals surface area contributed by atoms with Crippen molar-refractivity contribution in [1.29, 1.82) is 0 Å². The average molecular weight is 450 g/mol. The van der Waals surface area contributed by atoms with Crippen LogP contribution in [0.1, 0.15) is 44.0 Å². The number of nitrogens with one attached hydrogen (secondary N) is 1. The molecule has 174 valence electrons. The molecule has 1 saturated heterocycles. The molecule has 0 aliphatic carbocycles. The molecule has 1 N–H and O–H groups in total. The van der Waals surface area contributed by atoms with Crippen LogP contribution in [0.15, 0.2) is 53.3 Å². The summed E-state index contributed by atoms with van der Waals surface area (Å²) >= 11 is 0. The Morgan fingerprint density at radius 1 is 1.12 bits per heavy atom. The second kappa shape index (κ2) is 9.75. The van der Waals surface area contributed by atoms with Gasteiger partial charge in [-0.15, -0.1) is 0 Å². The van der Waals surface area contributed by atoms with Gasteiger partial charge in [-0.1, -0.05) is 30.3 Å². The Kier molecular flexibility index (Phi) is 6.79. The van der Waals surface area contributed by atoms with E-state index in [2.05, 4.69) is 22.5 Å². The zero-order valence-electron chi connectivity index (χ0n) is 19.5. The third-order valence-corrected chi connectivity index (χ3v) is 6.50. The van der Waals surface area contributed by atoms with E-state index in [1.54, 1.807) is 13.2 Å². The van der Waals surface area contributed by atoms with Crippen molar-refractivity contribution >= 4 is 16.7 Å². The Morgan fingerprint density at radius 3 is 2.42 bits per heavy atom. The number of nitrogens with zero attached hydrogens (tertiary/aromatic N) is 2. The molecule has 33 heavy (non-hydrogen) atoms. The zero-order valence-corrected chi connectivity index (χ0v) is 19.5. The number of rotatable bonds is 7. The molecule has 0 saturated carbocycles. The second-order valence-corrected chi connectivity index (χ2v) is 8.91. The number of carbonyl (C=O) groups is 1. The van der Waals surface area contributed by atoms with Crippen molar-refractivity contribution < 1.29 is 14.3 Å². The van der Waals surface area contributed by atoms with Crippen LogP contribution in [-0.2, 0) is 21.4 Å². The second-order valence-electron chi connectivity index (χ2n) is 8.91. The summed E-state index contributed by atoms with van der Waals surface area (Å²) in [6.07, 6.45) is 1.78. The zero-order chi connectivity index (χ0) is 23.4. The molecule has 4 rings (SSSR count). The number of amides is 1. The van der Waals surface area contributed by atoms with Gasteiger partial charge in [-0.3, -0.25) is 9.59 Å². The van der Waals surface area contributed by atoms with Gasteiger partial charge < -0.3 is 14.8 Å². The van der Waals surface area contributed by atoms with Crippen LogP contribution in [0.3, 0.4) is 0 Å². The van der Waals surface area contributed by atoms with Gasteiger partial charge in [0.25, 0.3) is 5.56 Å².